The molecule has 0 spiro atoms. The van der Waals surface area contributed by atoms with Crippen LogP contribution in [0.1, 0.15) is 19.8 Å². The Morgan fingerprint density at radius 1 is 1.58 bits per heavy atom. The molecule has 0 aromatic rings. The second kappa shape index (κ2) is 4.62. The van der Waals surface area contributed by atoms with Crippen molar-refractivity contribution in [3.63, 3.8) is 0 Å². The van der Waals surface area contributed by atoms with Gasteiger partial charge in [-0.1, -0.05) is 6.08 Å². The third-order valence-corrected chi connectivity index (χ3v) is 3.68. The predicted molar refractivity (Wildman–Crippen MR) is 51.7 cm³/mol. The van der Waals surface area contributed by atoms with Crippen molar-refractivity contribution in [3.05, 3.63) is 12.7 Å². The Morgan fingerprint density at radius 3 is 2.42 bits per heavy atom. The van der Waals surface area contributed by atoms with Crippen molar-refractivity contribution in [1.29, 1.82) is 0 Å². The van der Waals surface area contributed by atoms with E-state index in [0.29, 0.717) is 6.42 Å². The Morgan fingerprint density at radius 2 is 2.08 bits per heavy atom. The molecule has 2 N–H and O–H groups in total. The first-order valence-corrected chi connectivity index (χ1v) is 5.90. The Labute approximate surface area is 74.6 Å². The molecule has 12 heavy (non-hydrogen) atoms. The summed E-state index contributed by atoms with van der Waals surface area (Å²) in [5.74, 6) is 0. The van der Waals surface area contributed by atoms with E-state index < -0.39 is 15.1 Å². The number of rotatable bonds is 5. The van der Waals surface area contributed by atoms with Crippen LogP contribution in [-0.2, 0) is 9.84 Å². The van der Waals surface area contributed by atoms with E-state index in [1.165, 1.54) is 6.26 Å². The van der Waals surface area contributed by atoms with Crippen LogP contribution in [0.2, 0.25) is 0 Å². The van der Waals surface area contributed by atoms with Crippen LogP contribution in [0, 0.1) is 0 Å². The monoisotopic (exact) mass is 191 g/mol. The highest BCUT2D eigenvalue weighted by atomic mass is 32.2. The van der Waals surface area contributed by atoms with E-state index in [9.17, 15) is 8.42 Å². The van der Waals surface area contributed by atoms with Crippen molar-refractivity contribution < 1.29 is 8.42 Å². The Hall–Kier alpha value is -0.350. The van der Waals surface area contributed by atoms with Crippen molar-refractivity contribution in [2.75, 3.05) is 6.26 Å². The van der Waals surface area contributed by atoms with Crippen LogP contribution < -0.4 is 5.73 Å². The van der Waals surface area contributed by atoms with Gasteiger partial charge >= 0.3 is 0 Å². The van der Waals surface area contributed by atoms with Gasteiger partial charge in [0.2, 0.25) is 0 Å². The van der Waals surface area contributed by atoms with Gasteiger partial charge in [0.25, 0.3) is 0 Å². The lowest BCUT2D eigenvalue weighted by Gasteiger charge is -2.16. The lowest BCUT2D eigenvalue weighted by molar-refractivity contribution is 0.549. The molecule has 0 saturated carbocycles. The van der Waals surface area contributed by atoms with Crippen LogP contribution in [0.3, 0.4) is 0 Å². The molecule has 0 rings (SSSR count). The molecular weight excluding hydrogens is 174 g/mol. The van der Waals surface area contributed by atoms with Gasteiger partial charge in [0.15, 0.2) is 9.84 Å². The molecule has 2 unspecified atom stereocenters. The molecular formula is C8H17NO2S. The van der Waals surface area contributed by atoms with Gasteiger partial charge in [0.05, 0.1) is 5.25 Å². The summed E-state index contributed by atoms with van der Waals surface area (Å²) in [6.07, 6.45) is 4.40. The SMILES string of the molecule is C=CCCC(N)C(C)S(C)(=O)=O. The topological polar surface area (TPSA) is 60.2 Å². The summed E-state index contributed by atoms with van der Waals surface area (Å²) in [7, 11) is -2.99. The van der Waals surface area contributed by atoms with E-state index in [-0.39, 0.29) is 6.04 Å². The molecule has 0 heterocycles. The first-order valence-electron chi connectivity index (χ1n) is 3.95. The van der Waals surface area contributed by atoms with Crippen molar-refractivity contribution in [2.24, 2.45) is 5.73 Å². The fourth-order valence-corrected chi connectivity index (χ4v) is 1.63. The maximum absolute atomic E-state index is 11.0. The van der Waals surface area contributed by atoms with E-state index >= 15 is 0 Å². The summed E-state index contributed by atoms with van der Waals surface area (Å²) in [6, 6.07) is -0.280. The number of hydrogen-bond acceptors (Lipinski definition) is 3. The largest absolute Gasteiger partial charge is 0.327 e. The molecule has 3 nitrogen and oxygen atoms in total. The summed E-state index contributed by atoms with van der Waals surface area (Å²) in [4.78, 5) is 0. The smallest absolute Gasteiger partial charge is 0.151 e. The highest BCUT2D eigenvalue weighted by molar-refractivity contribution is 7.91. The van der Waals surface area contributed by atoms with Gasteiger partial charge in [-0.3, -0.25) is 0 Å². The third kappa shape index (κ3) is 3.88. The standard InChI is InChI=1S/C8H17NO2S/c1-4-5-6-8(9)7(2)12(3,10)11/h4,7-8H,1,5-6,9H2,2-3H3. The third-order valence-electron chi connectivity index (χ3n) is 1.98. The molecule has 0 aromatic heterocycles. The van der Waals surface area contributed by atoms with Crippen LogP contribution in [0.4, 0.5) is 0 Å². The van der Waals surface area contributed by atoms with Crippen molar-refractivity contribution in [1.82, 2.24) is 0 Å². The first kappa shape index (κ1) is 11.6. The molecule has 72 valence electrons. The Bertz CT molecular complexity index is 233. The van der Waals surface area contributed by atoms with Crippen LogP contribution in [0.15, 0.2) is 12.7 Å². The lowest BCUT2D eigenvalue weighted by atomic mass is 10.1. The zero-order valence-corrected chi connectivity index (χ0v) is 8.47. The second-order valence-electron chi connectivity index (χ2n) is 3.06. The van der Waals surface area contributed by atoms with Gasteiger partial charge in [-0.05, 0) is 19.8 Å². The lowest BCUT2D eigenvalue weighted by Crippen LogP contribution is -2.37. The number of allylic oxidation sites excluding steroid dienone is 1. The normalized spacial score (nSPS) is 16.9. The zero-order valence-electron chi connectivity index (χ0n) is 7.66. The number of nitrogens with two attached hydrogens (primary N) is 1. The molecule has 0 aliphatic heterocycles. The first-order chi connectivity index (χ1) is 5.39. The second-order valence-corrected chi connectivity index (χ2v) is 5.47. The summed E-state index contributed by atoms with van der Waals surface area (Å²) in [6.45, 7) is 5.19. The average molecular weight is 191 g/mol. The molecule has 0 amide bonds. The summed E-state index contributed by atoms with van der Waals surface area (Å²) < 4.78 is 22.1. The van der Waals surface area contributed by atoms with Crippen molar-refractivity contribution >= 4 is 9.84 Å². The van der Waals surface area contributed by atoms with Crippen LogP contribution >= 0.6 is 0 Å². The number of sulfone groups is 1. The molecule has 0 saturated heterocycles. The van der Waals surface area contributed by atoms with E-state index in [0.717, 1.165) is 6.42 Å². The summed E-state index contributed by atoms with van der Waals surface area (Å²) in [5, 5.41) is -0.461. The molecule has 0 bridgehead atoms. The Balaban J connectivity index is 4.10. The summed E-state index contributed by atoms with van der Waals surface area (Å²) in [5.41, 5.74) is 5.66. The fourth-order valence-electron chi connectivity index (χ4n) is 0.863. The summed E-state index contributed by atoms with van der Waals surface area (Å²) >= 11 is 0. The van der Waals surface area contributed by atoms with Crippen LogP contribution in [-0.4, -0.2) is 26.0 Å². The van der Waals surface area contributed by atoms with Crippen molar-refractivity contribution in [3.8, 4) is 0 Å². The van der Waals surface area contributed by atoms with Crippen LogP contribution in [0.5, 0.6) is 0 Å². The molecule has 0 aliphatic rings. The molecule has 0 radical (unpaired) electrons. The minimum absolute atomic E-state index is 0.280. The van der Waals surface area contributed by atoms with Gasteiger partial charge in [-0.25, -0.2) is 8.42 Å². The molecule has 4 heteroatoms. The van der Waals surface area contributed by atoms with Gasteiger partial charge in [-0.2, -0.15) is 0 Å². The van der Waals surface area contributed by atoms with Crippen LogP contribution in [0.25, 0.3) is 0 Å². The average Bonchev–Trinajstić information content (AvgIpc) is 1.97. The fraction of sp³-hybridized carbons (Fsp3) is 0.750. The van der Waals surface area contributed by atoms with E-state index in [4.69, 9.17) is 5.73 Å². The van der Waals surface area contributed by atoms with E-state index in [1.54, 1.807) is 13.0 Å². The van der Waals surface area contributed by atoms with Gasteiger partial charge in [-0.15, -0.1) is 6.58 Å². The number of hydrogen-bond donors (Lipinski definition) is 1. The zero-order chi connectivity index (χ0) is 9.78. The Kier molecular flexibility index (Phi) is 4.49. The predicted octanol–water partition coefficient (Wildman–Crippen LogP) is 0.713. The van der Waals surface area contributed by atoms with E-state index in [2.05, 4.69) is 6.58 Å². The van der Waals surface area contributed by atoms with Gasteiger partial charge in [0, 0.05) is 12.3 Å². The van der Waals surface area contributed by atoms with E-state index in [1.807, 2.05) is 0 Å². The van der Waals surface area contributed by atoms with Crippen molar-refractivity contribution in [2.45, 2.75) is 31.1 Å². The maximum atomic E-state index is 11.0. The molecule has 0 fully saturated rings. The molecule has 0 aromatic carbocycles. The highest BCUT2D eigenvalue weighted by Crippen LogP contribution is 2.07. The molecule has 2 atom stereocenters. The minimum atomic E-state index is -2.99. The quantitative estimate of drug-likeness (QED) is 0.651. The van der Waals surface area contributed by atoms with Gasteiger partial charge in [0.1, 0.15) is 0 Å². The van der Waals surface area contributed by atoms with Gasteiger partial charge < -0.3 is 5.73 Å². The molecule has 0 aliphatic carbocycles. The maximum Gasteiger partial charge on any atom is 0.151 e. The minimum Gasteiger partial charge on any atom is -0.327 e. The highest BCUT2D eigenvalue weighted by Gasteiger charge is 2.21.